The number of carbonyl (C=O) groups excluding carboxylic acids is 1. The van der Waals surface area contributed by atoms with Crippen molar-refractivity contribution < 1.29 is 22.1 Å². The van der Waals surface area contributed by atoms with Crippen LogP contribution in [0.4, 0.5) is 0 Å². The summed E-state index contributed by atoms with van der Waals surface area (Å²) >= 11 is 6.65. The molecule has 148 valence electrons. The molecule has 1 aliphatic heterocycles. The maximum absolute atomic E-state index is 12.8. The molecule has 1 heterocycles. The lowest BCUT2D eigenvalue weighted by Gasteiger charge is -2.39. The Morgan fingerprint density at radius 3 is 2.00 bits per heavy atom. The van der Waals surface area contributed by atoms with Crippen LogP contribution in [0.3, 0.4) is 0 Å². The van der Waals surface area contributed by atoms with Gasteiger partial charge in [0.15, 0.2) is 0 Å². The number of cyclic esters (lactones) is 1. The van der Waals surface area contributed by atoms with E-state index >= 15 is 0 Å². The van der Waals surface area contributed by atoms with Crippen LogP contribution in [0.1, 0.15) is 32.4 Å². The SMILES string of the molecule is CC1=C(OS(=O)(=O)c2ccc(Br)cc2)C(C)(C)C(c2ccc(Br)cc2)OC1=O. The average molecular weight is 530 g/mol. The lowest BCUT2D eigenvalue weighted by molar-refractivity contribution is -0.154. The molecule has 1 unspecified atom stereocenters. The topological polar surface area (TPSA) is 69.7 Å². The number of hydrogen-bond donors (Lipinski definition) is 0. The number of carbonyl (C=O) groups is 1. The molecule has 2 aromatic carbocycles. The molecule has 0 aliphatic carbocycles. The highest BCUT2D eigenvalue weighted by atomic mass is 79.9. The van der Waals surface area contributed by atoms with Crippen LogP contribution in [-0.4, -0.2) is 14.4 Å². The lowest BCUT2D eigenvalue weighted by atomic mass is 9.77. The van der Waals surface area contributed by atoms with E-state index in [0.29, 0.717) is 0 Å². The summed E-state index contributed by atoms with van der Waals surface area (Å²) in [5.41, 5.74) is -0.0101. The van der Waals surface area contributed by atoms with Gasteiger partial charge in [-0.3, -0.25) is 0 Å². The minimum Gasteiger partial charge on any atom is -0.453 e. The van der Waals surface area contributed by atoms with Crippen molar-refractivity contribution in [2.75, 3.05) is 0 Å². The maximum Gasteiger partial charge on any atom is 0.338 e. The quantitative estimate of drug-likeness (QED) is 0.385. The molecule has 5 nitrogen and oxygen atoms in total. The first kappa shape index (κ1) is 21.1. The summed E-state index contributed by atoms with van der Waals surface area (Å²) in [6, 6.07) is 13.4. The molecule has 0 fully saturated rings. The van der Waals surface area contributed by atoms with Gasteiger partial charge in [-0.25, -0.2) is 4.79 Å². The van der Waals surface area contributed by atoms with Gasteiger partial charge in [-0.05, 0) is 62.7 Å². The fourth-order valence-corrected chi connectivity index (χ4v) is 4.74. The van der Waals surface area contributed by atoms with Gasteiger partial charge < -0.3 is 8.92 Å². The van der Waals surface area contributed by atoms with E-state index in [2.05, 4.69) is 31.9 Å². The fourth-order valence-electron chi connectivity index (χ4n) is 3.09. The van der Waals surface area contributed by atoms with Crippen molar-refractivity contribution in [1.29, 1.82) is 0 Å². The summed E-state index contributed by atoms with van der Waals surface area (Å²) in [7, 11) is -4.11. The summed E-state index contributed by atoms with van der Waals surface area (Å²) in [4.78, 5) is 12.4. The smallest absolute Gasteiger partial charge is 0.338 e. The summed E-state index contributed by atoms with van der Waals surface area (Å²) in [6.45, 7) is 5.10. The molecule has 28 heavy (non-hydrogen) atoms. The first-order chi connectivity index (χ1) is 13.0. The largest absolute Gasteiger partial charge is 0.453 e. The van der Waals surface area contributed by atoms with Crippen molar-refractivity contribution in [3.8, 4) is 0 Å². The molecule has 0 saturated heterocycles. The molecule has 0 amide bonds. The number of hydrogen-bond acceptors (Lipinski definition) is 5. The Balaban J connectivity index is 2.02. The minimum atomic E-state index is -4.11. The van der Waals surface area contributed by atoms with Gasteiger partial charge in [0.25, 0.3) is 0 Å². The Morgan fingerprint density at radius 1 is 0.964 bits per heavy atom. The van der Waals surface area contributed by atoms with Gasteiger partial charge in [0.2, 0.25) is 0 Å². The van der Waals surface area contributed by atoms with Crippen molar-refractivity contribution in [3.63, 3.8) is 0 Å². The van der Waals surface area contributed by atoms with Crippen LogP contribution in [0.5, 0.6) is 0 Å². The molecule has 2 aromatic rings. The third-order valence-electron chi connectivity index (χ3n) is 4.58. The molecule has 0 bridgehead atoms. The first-order valence-electron chi connectivity index (χ1n) is 8.40. The van der Waals surface area contributed by atoms with E-state index in [4.69, 9.17) is 8.92 Å². The predicted octanol–water partition coefficient (Wildman–Crippen LogP) is 5.52. The second-order valence-electron chi connectivity index (χ2n) is 7.00. The molecule has 3 rings (SSSR count). The normalized spacial score (nSPS) is 19.3. The van der Waals surface area contributed by atoms with Crippen molar-refractivity contribution in [2.24, 2.45) is 5.41 Å². The van der Waals surface area contributed by atoms with Crippen LogP contribution in [-0.2, 0) is 23.8 Å². The molecule has 0 radical (unpaired) electrons. The van der Waals surface area contributed by atoms with E-state index in [1.807, 2.05) is 24.3 Å². The zero-order chi connectivity index (χ0) is 20.7. The van der Waals surface area contributed by atoms with E-state index in [0.717, 1.165) is 14.5 Å². The van der Waals surface area contributed by atoms with E-state index in [1.165, 1.54) is 19.1 Å². The van der Waals surface area contributed by atoms with Crippen LogP contribution in [0.25, 0.3) is 0 Å². The second kappa shape index (κ2) is 7.65. The Hall–Kier alpha value is -1.64. The average Bonchev–Trinajstić information content (AvgIpc) is 2.63. The van der Waals surface area contributed by atoms with E-state index in [9.17, 15) is 13.2 Å². The van der Waals surface area contributed by atoms with Crippen LogP contribution in [0, 0.1) is 5.41 Å². The number of halogens is 2. The van der Waals surface area contributed by atoms with Crippen LogP contribution in [0.15, 0.2) is 73.7 Å². The van der Waals surface area contributed by atoms with Gasteiger partial charge in [0.1, 0.15) is 16.8 Å². The number of benzene rings is 2. The highest BCUT2D eigenvalue weighted by Crippen LogP contribution is 2.48. The van der Waals surface area contributed by atoms with E-state index in [1.54, 1.807) is 26.0 Å². The molecule has 1 atom stereocenters. The van der Waals surface area contributed by atoms with Crippen molar-refractivity contribution in [1.82, 2.24) is 0 Å². The fraction of sp³-hybridized carbons (Fsp3) is 0.250. The number of rotatable bonds is 4. The predicted molar refractivity (Wildman–Crippen MR) is 112 cm³/mol. The van der Waals surface area contributed by atoms with Gasteiger partial charge >= 0.3 is 16.1 Å². The Kier molecular flexibility index (Phi) is 5.76. The molecule has 1 aliphatic rings. The van der Waals surface area contributed by atoms with E-state index < -0.39 is 27.6 Å². The number of esters is 1. The molecular weight excluding hydrogens is 512 g/mol. The molecule has 0 spiro atoms. The third-order valence-corrected chi connectivity index (χ3v) is 6.87. The Labute approximate surface area is 181 Å². The van der Waals surface area contributed by atoms with Gasteiger partial charge in [0, 0.05) is 8.95 Å². The monoisotopic (exact) mass is 528 g/mol. The van der Waals surface area contributed by atoms with Crippen LogP contribution in [0.2, 0.25) is 0 Å². The minimum absolute atomic E-state index is 0.00549. The van der Waals surface area contributed by atoms with Crippen LogP contribution >= 0.6 is 31.9 Å². The molecule has 0 aromatic heterocycles. The summed E-state index contributed by atoms with van der Waals surface area (Å²) < 4.78 is 38.4. The van der Waals surface area contributed by atoms with Crippen molar-refractivity contribution in [2.45, 2.75) is 31.8 Å². The Morgan fingerprint density at radius 2 is 1.46 bits per heavy atom. The summed E-state index contributed by atoms with van der Waals surface area (Å²) in [5.74, 6) is -0.521. The van der Waals surface area contributed by atoms with Gasteiger partial charge in [-0.1, -0.05) is 44.0 Å². The van der Waals surface area contributed by atoms with E-state index in [-0.39, 0.29) is 16.2 Å². The van der Waals surface area contributed by atoms with Gasteiger partial charge in [0.05, 0.1) is 11.0 Å². The standard InChI is InChI=1S/C20H18Br2O5S/c1-12-17(27-28(24,25)16-10-8-15(22)9-11-16)20(2,3)18(26-19(12)23)13-4-6-14(21)7-5-13/h4-11,18H,1-3H3. The molecule has 8 heteroatoms. The lowest BCUT2D eigenvalue weighted by Crippen LogP contribution is -2.37. The van der Waals surface area contributed by atoms with Gasteiger partial charge in [-0.2, -0.15) is 8.42 Å². The molecular formula is C20H18Br2O5S. The highest BCUT2D eigenvalue weighted by Gasteiger charge is 2.46. The van der Waals surface area contributed by atoms with Crippen molar-refractivity contribution in [3.05, 3.63) is 74.4 Å². The first-order valence-corrected chi connectivity index (χ1v) is 11.4. The zero-order valence-electron chi connectivity index (χ0n) is 15.4. The maximum atomic E-state index is 12.8. The van der Waals surface area contributed by atoms with Crippen molar-refractivity contribution >= 4 is 47.9 Å². The summed E-state index contributed by atoms with van der Waals surface area (Å²) in [6.07, 6.45) is -0.688. The van der Waals surface area contributed by atoms with Gasteiger partial charge in [-0.15, -0.1) is 0 Å². The molecule has 0 saturated carbocycles. The highest BCUT2D eigenvalue weighted by molar-refractivity contribution is 9.10. The summed E-state index contributed by atoms with van der Waals surface area (Å²) in [5, 5.41) is 0. The zero-order valence-corrected chi connectivity index (χ0v) is 19.4. The molecule has 0 N–H and O–H groups in total. The van der Waals surface area contributed by atoms with Crippen LogP contribution < -0.4 is 0 Å². The number of ether oxygens (including phenoxy) is 1. The third kappa shape index (κ3) is 4.04. The second-order valence-corrected chi connectivity index (χ2v) is 10.4. The Bertz CT molecular complexity index is 1040.